The number of aromatic nitrogens is 2. The molecule has 112 valence electrons. The number of halogens is 2. The van der Waals surface area contributed by atoms with Crippen LogP contribution in [0.3, 0.4) is 0 Å². The molecule has 0 aliphatic heterocycles. The Hall–Kier alpha value is -1.75. The van der Waals surface area contributed by atoms with Crippen LogP contribution < -0.4 is 5.73 Å². The third-order valence-corrected chi connectivity index (χ3v) is 4.16. The Labute approximate surface area is 122 Å². The van der Waals surface area contributed by atoms with Crippen LogP contribution in [0.25, 0.3) is 0 Å². The Kier molecular flexibility index (Phi) is 4.01. The number of benzene rings is 1. The summed E-state index contributed by atoms with van der Waals surface area (Å²) in [5.74, 6) is -1.20. The zero-order valence-corrected chi connectivity index (χ0v) is 11.8. The molecule has 1 saturated carbocycles. The lowest BCUT2D eigenvalue weighted by atomic mass is 10.0. The lowest BCUT2D eigenvalue weighted by Gasteiger charge is -2.13. The van der Waals surface area contributed by atoms with Gasteiger partial charge in [-0.05, 0) is 31.0 Å². The average Bonchev–Trinajstić information content (AvgIpc) is 3.08. The first-order chi connectivity index (χ1) is 10.1. The molecule has 1 atom stereocenters. The molecule has 0 radical (unpaired) electrons. The van der Waals surface area contributed by atoms with Gasteiger partial charge in [0.1, 0.15) is 11.6 Å². The van der Waals surface area contributed by atoms with E-state index in [1.54, 1.807) is 0 Å². The molecule has 1 aromatic heterocycles. The predicted molar refractivity (Wildman–Crippen MR) is 76.7 cm³/mol. The van der Waals surface area contributed by atoms with Gasteiger partial charge in [0.05, 0.1) is 11.7 Å². The second-order valence-corrected chi connectivity index (χ2v) is 5.67. The second-order valence-electron chi connectivity index (χ2n) is 5.67. The third-order valence-electron chi connectivity index (χ3n) is 4.16. The van der Waals surface area contributed by atoms with Gasteiger partial charge in [0.2, 0.25) is 0 Å². The lowest BCUT2D eigenvalue weighted by molar-refractivity contribution is 0.459. The zero-order valence-electron chi connectivity index (χ0n) is 11.8. The van der Waals surface area contributed by atoms with E-state index in [1.165, 1.54) is 31.0 Å². The molecule has 21 heavy (non-hydrogen) atoms. The highest BCUT2D eigenvalue weighted by Gasteiger charge is 2.20. The number of hydrogen-bond acceptors (Lipinski definition) is 2. The smallest absolute Gasteiger partial charge is 0.130 e. The summed E-state index contributed by atoms with van der Waals surface area (Å²) in [4.78, 5) is 0. The van der Waals surface area contributed by atoms with Crippen molar-refractivity contribution in [1.29, 1.82) is 0 Å². The van der Waals surface area contributed by atoms with Crippen LogP contribution in [-0.2, 0) is 6.42 Å². The summed E-state index contributed by atoms with van der Waals surface area (Å²) in [6.45, 7) is 0. The van der Waals surface area contributed by atoms with Crippen molar-refractivity contribution in [3.8, 4) is 0 Å². The Morgan fingerprint density at radius 2 is 1.86 bits per heavy atom. The number of rotatable bonds is 4. The summed E-state index contributed by atoms with van der Waals surface area (Å²) < 4.78 is 29.4. The van der Waals surface area contributed by atoms with Gasteiger partial charge >= 0.3 is 0 Å². The number of nitrogens with zero attached hydrogens (tertiary/aromatic N) is 2. The summed E-state index contributed by atoms with van der Waals surface area (Å²) in [6, 6.07) is 5.43. The van der Waals surface area contributed by atoms with Crippen molar-refractivity contribution in [1.82, 2.24) is 9.78 Å². The molecule has 2 N–H and O–H groups in total. The van der Waals surface area contributed by atoms with Crippen molar-refractivity contribution in [2.45, 2.75) is 44.2 Å². The van der Waals surface area contributed by atoms with Gasteiger partial charge in [0.15, 0.2) is 0 Å². The largest absolute Gasteiger partial charge is 0.323 e. The van der Waals surface area contributed by atoms with Crippen molar-refractivity contribution < 1.29 is 8.78 Å². The Morgan fingerprint density at radius 1 is 1.19 bits per heavy atom. The number of hydrogen-bond donors (Lipinski definition) is 1. The molecule has 0 amide bonds. The van der Waals surface area contributed by atoms with E-state index in [0.29, 0.717) is 12.5 Å². The summed E-state index contributed by atoms with van der Waals surface area (Å²) in [7, 11) is 0. The van der Waals surface area contributed by atoms with E-state index < -0.39 is 17.7 Å². The van der Waals surface area contributed by atoms with Gasteiger partial charge in [-0.2, -0.15) is 5.10 Å². The molecule has 1 aliphatic rings. The van der Waals surface area contributed by atoms with Crippen LogP contribution in [0.2, 0.25) is 0 Å². The molecular weight excluding hydrogens is 272 g/mol. The molecule has 0 spiro atoms. The van der Waals surface area contributed by atoms with Crippen molar-refractivity contribution >= 4 is 0 Å². The third kappa shape index (κ3) is 2.97. The van der Waals surface area contributed by atoms with Gasteiger partial charge in [0.25, 0.3) is 0 Å². The average molecular weight is 291 g/mol. The van der Waals surface area contributed by atoms with Gasteiger partial charge in [-0.25, -0.2) is 8.78 Å². The summed E-state index contributed by atoms with van der Waals surface area (Å²) in [5, 5.41) is 4.51. The quantitative estimate of drug-likeness (QED) is 0.936. The van der Waals surface area contributed by atoms with Crippen LogP contribution in [0.1, 0.15) is 49.0 Å². The van der Waals surface area contributed by atoms with Gasteiger partial charge in [-0.15, -0.1) is 0 Å². The normalized spacial score (nSPS) is 17.3. The van der Waals surface area contributed by atoms with E-state index >= 15 is 0 Å². The minimum Gasteiger partial charge on any atom is -0.323 e. The Bertz CT molecular complexity index is 597. The van der Waals surface area contributed by atoms with Gasteiger partial charge in [-0.3, -0.25) is 4.68 Å². The first-order valence-electron chi connectivity index (χ1n) is 7.38. The van der Waals surface area contributed by atoms with Gasteiger partial charge in [-0.1, -0.05) is 18.9 Å². The topological polar surface area (TPSA) is 43.8 Å². The second kappa shape index (κ2) is 5.93. The highest BCUT2D eigenvalue weighted by atomic mass is 19.1. The zero-order chi connectivity index (χ0) is 14.8. The fraction of sp³-hybridized carbons (Fsp3) is 0.438. The van der Waals surface area contributed by atoms with Crippen molar-refractivity contribution in [3.05, 3.63) is 53.4 Å². The summed E-state index contributed by atoms with van der Waals surface area (Å²) in [6.07, 6.45) is 7.04. The van der Waals surface area contributed by atoms with Crippen LogP contribution in [0.5, 0.6) is 0 Å². The lowest BCUT2D eigenvalue weighted by Crippen LogP contribution is -2.17. The molecular formula is C16H19F2N3. The molecule has 0 bridgehead atoms. The molecule has 2 aromatic rings. The molecule has 3 rings (SSSR count). The molecule has 1 fully saturated rings. The predicted octanol–water partition coefficient (Wildman–Crippen LogP) is 3.52. The van der Waals surface area contributed by atoms with Crippen LogP contribution in [0, 0.1) is 11.6 Å². The Morgan fingerprint density at radius 3 is 2.52 bits per heavy atom. The maximum Gasteiger partial charge on any atom is 0.130 e. The van der Waals surface area contributed by atoms with Crippen molar-refractivity contribution in [2.24, 2.45) is 5.73 Å². The minimum atomic E-state index is -0.724. The van der Waals surface area contributed by atoms with Crippen molar-refractivity contribution in [2.75, 3.05) is 0 Å². The highest BCUT2D eigenvalue weighted by molar-refractivity contribution is 5.24. The van der Waals surface area contributed by atoms with Gasteiger partial charge < -0.3 is 5.73 Å². The van der Waals surface area contributed by atoms with Gasteiger partial charge in [0, 0.05) is 24.2 Å². The maximum absolute atomic E-state index is 13.7. The number of nitrogens with two attached hydrogens (primary N) is 1. The maximum atomic E-state index is 13.7. The minimum absolute atomic E-state index is 0.0621. The first kappa shape index (κ1) is 14.2. The van der Waals surface area contributed by atoms with E-state index in [2.05, 4.69) is 5.10 Å². The molecule has 3 nitrogen and oxygen atoms in total. The van der Waals surface area contributed by atoms with Crippen LogP contribution in [0.4, 0.5) is 8.78 Å². The van der Waals surface area contributed by atoms with E-state index in [0.717, 1.165) is 18.5 Å². The molecule has 0 saturated heterocycles. The van der Waals surface area contributed by atoms with Crippen LogP contribution >= 0.6 is 0 Å². The van der Waals surface area contributed by atoms with E-state index in [-0.39, 0.29) is 5.56 Å². The molecule has 1 heterocycles. The Balaban J connectivity index is 1.74. The molecule has 5 heteroatoms. The fourth-order valence-electron chi connectivity index (χ4n) is 3.05. The van der Waals surface area contributed by atoms with E-state index in [9.17, 15) is 8.78 Å². The summed E-state index contributed by atoms with van der Waals surface area (Å²) >= 11 is 0. The van der Waals surface area contributed by atoms with Crippen molar-refractivity contribution in [3.63, 3.8) is 0 Å². The van der Waals surface area contributed by atoms with E-state index in [4.69, 9.17) is 5.73 Å². The standard InChI is InChI=1S/C16H19F2N3/c17-13-6-3-7-14(18)16(13)15(19)10-11-8-9-21(20-11)12-4-1-2-5-12/h3,6-9,12,15H,1-2,4-5,10,19H2. The first-order valence-corrected chi connectivity index (χ1v) is 7.38. The van der Waals surface area contributed by atoms with Crippen LogP contribution in [0.15, 0.2) is 30.5 Å². The van der Waals surface area contributed by atoms with E-state index in [1.807, 2.05) is 16.9 Å². The summed E-state index contributed by atoms with van der Waals surface area (Å²) in [5.41, 5.74) is 6.68. The molecule has 1 unspecified atom stereocenters. The van der Waals surface area contributed by atoms with Crippen LogP contribution in [-0.4, -0.2) is 9.78 Å². The fourth-order valence-corrected chi connectivity index (χ4v) is 3.05. The monoisotopic (exact) mass is 291 g/mol. The molecule has 1 aliphatic carbocycles. The molecule has 1 aromatic carbocycles. The highest BCUT2D eigenvalue weighted by Crippen LogP contribution is 2.29. The SMILES string of the molecule is NC(Cc1ccn(C2CCCC2)n1)c1c(F)cccc1F.